The van der Waals surface area contributed by atoms with Crippen LogP contribution >= 0.6 is 22.9 Å². The molecule has 0 radical (unpaired) electrons. The zero-order valence-corrected chi connectivity index (χ0v) is 14.4. The highest BCUT2D eigenvalue weighted by molar-refractivity contribution is 7.11. The predicted molar refractivity (Wildman–Crippen MR) is 99.0 cm³/mol. The number of nitriles is 1. The summed E-state index contributed by atoms with van der Waals surface area (Å²) in [5.41, 5.74) is 3.04. The second-order valence-electron chi connectivity index (χ2n) is 4.96. The number of thiazole rings is 1. The lowest BCUT2D eigenvalue weighted by Gasteiger charge is -2.06. The monoisotopic (exact) mass is 352 g/mol. The van der Waals surface area contributed by atoms with Gasteiger partial charge in [0.2, 0.25) is 0 Å². The molecule has 1 aromatic heterocycles. The first-order valence-electron chi connectivity index (χ1n) is 7.18. The SMILES string of the molecule is COc1ccc(Cl)cc1-c1csc(C(C#N)=Cc2ccccc2)n1. The predicted octanol–water partition coefficient (Wildman–Crippen LogP) is 5.54. The van der Waals surface area contributed by atoms with Gasteiger partial charge in [-0.25, -0.2) is 4.98 Å². The van der Waals surface area contributed by atoms with Crippen molar-refractivity contribution in [3.8, 4) is 23.1 Å². The summed E-state index contributed by atoms with van der Waals surface area (Å²) < 4.78 is 5.37. The molecule has 0 amide bonds. The summed E-state index contributed by atoms with van der Waals surface area (Å²) in [7, 11) is 1.61. The van der Waals surface area contributed by atoms with Crippen LogP contribution in [0.15, 0.2) is 53.9 Å². The molecule has 3 nitrogen and oxygen atoms in total. The number of aromatic nitrogens is 1. The Kier molecular flexibility index (Phi) is 4.95. The quantitative estimate of drug-likeness (QED) is 0.579. The van der Waals surface area contributed by atoms with E-state index in [1.165, 1.54) is 11.3 Å². The number of ether oxygens (including phenoxy) is 1. The minimum atomic E-state index is 0.526. The molecular formula is C19H13ClN2OS. The Labute approximate surface area is 149 Å². The highest BCUT2D eigenvalue weighted by Crippen LogP contribution is 2.34. The van der Waals surface area contributed by atoms with Crippen molar-refractivity contribution in [1.29, 1.82) is 5.26 Å². The Bertz CT molecular complexity index is 926. The van der Waals surface area contributed by atoms with E-state index < -0.39 is 0 Å². The molecule has 2 aromatic carbocycles. The molecule has 0 atom stereocenters. The molecule has 0 spiro atoms. The maximum Gasteiger partial charge on any atom is 0.134 e. The lowest BCUT2D eigenvalue weighted by molar-refractivity contribution is 0.416. The van der Waals surface area contributed by atoms with E-state index in [-0.39, 0.29) is 0 Å². The Morgan fingerprint density at radius 1 is 1.25 bits per heavy atom. The van der Waals surface area contributed by atoms with E-state index in [1.807, 2.05) is 53.9 Å². The molecule has 0 N–H and O–H groups in total. The third-order valence-electron chi connectivity index (χ3n) is 3.40. The largest absolute Gasteiger partial charge is 0.496 e. The van der Waals surface area contributed by atoms with Gasteiger partial charge in [0, 0.05) is 16.0 Å². The van der Waals surface area contributed by atoms with Crippen LogP contribution < -0.4 is 4.74 Å². The van der Waals surface area contributed by atoms with Gasteiger partial charge in [0.25, 0.3) is 0 Å². The molecule has 24 heavy (non-hydrogen) atoms. The number of hydrogen-bond acceptors (Lipinski definition) is 4. The van der Waals surface area contributed by atoms with Crippen molar-refractivity contribution in [3.05, 3.63) is 69.5 Å². The van der Waals surface area contributed by atoms with Crippen molar-refractivity contribution >= 4 is 34.6 Å². The number of benzene rings is 2. The fraction of sp³-hybridized carbons (Fsp3) is 0.0526. The molecule has 0 unspecified atom stereocenters. The molecule has 0 aliphatic carbocycles. The van der Waals surface area contributed by atoms with Gasteiger partial charge in [0.15, 0.2) is 0 Å². The van der Waals surface area contributed by atoms with Gasteiger partial charge in [0.05, 0.1) is 18.4 Å². The van der Waals surface area contributed by atoms with E-state index in [9.17, 15) is 5.26 Å². The van der Waals surface area contributed by atoms with Crippen molar-refractivity contribution in [3.63, 3.8) is 0 Å². The molecule has 3 aromatic rings. The normalized spacial score (nSPS) is 11.1. The van der Waals surface area contributed by atoms with Gasteiger partial charge in [-0.15, -0.1) is 11.3 Å². The first kappa shape index (κ1) is 16.3. The number of rotatable bonds is 4. The molecule has 0 saturated carbocycles. The molecule has 0 fully saturated rings. The van der Waals surface area contributed by atoms with E-state index in [0.717, 1.165) is 16.8 Å². The molecule has 5 heteroatoms. The van der Waals surface area contributed by atoms with Crippen molar-refractivity contribution in [2.45, 2.75) is 0 Å². The van der Waals surface area contributed by atoms with E-state index in [4.69, 9.17) is 16.3 Å². The fourth-order valence-corrected chi connectivity index (χ4v) is 3.22. The van der Waals surface area contributed by atoms with Gasteiger partial charge in [-0.1, -0.05) is 41.9 Å². The Morgan fingerprint density at radius 3 is 2.75 bits per heavy atom. The lowest BCUT2D eigenvalue weighted by Crippen LogP contribution is -1.89. The van der Waals surface area contributed by atoms with E-state index in [1.54, 1.807) is 13.2 Å². The molecule has 0 bridgehead atoms. The zero-order chi connectivity index (χ0) is 16.9. The second kappa shape index (κ2) is 7.31. The lowest BCUT2D eigenvalue weighted by atomic mass is 10.1. The summed E-state index contributed by atoms with van der Waals surface area (Å²) in [6.45, 7) is 0. The van der Waals surface area contributed by atoms with Gasteiger partial charge in [0.1, 0.15) is 16.8 Å². The Hall–Kier alpha value is -2.61. The van der Waals surface area contributed by atoms with Gasteiger partial charge in [-0.3, -0.25) is 0 Å². The number of hydrogen-bond donors (Lipinski definition) is 0. The highest BCUT2D eigenvalue weighted by atomic mass is 35.5. The summed E-state index contributed by atoms with van der Waals surface area (Å²) >= 11 is 7.50. The highest BCUT2D eigenvalue weighted by Gasteiger charge is 2.13. The van der Waals surface area contributed by atoms with E-state index in [2.05, 4.69) is 11.1 Å². The maximum absolute atomic E-state index is 9.47. The zero-order valence-electron chi connectivity index (χ0n) is 12.9. The number of allylic oxidation sites excluding steroid dienone is 1. The van der Waals surface area contributed by atoms with Crippen LogP contribution in [0.1, 0.15) is 10.6 Å². The molecule has 0 aliphatic heterocycles. The number of halogens is 1. The summed E-state index contributed by atoms with van der Waals surface area (Å²) in [5.74, 6) is 0.696. The summed E-state index contributed by atoms with van der Waals surface area (Å²) in [4.78, 5) is 4.59. The van der Waals surface area contributed by atoms with Crippen LogP contribution in [-0.2, 0) is 0 Å². The third kappa shape index (κ3) is 3.48. The van der Waals surface area contributed by atoms with Crippen molar-refractivity contribution < 1.29 is 4.74 Å². The van der Waals surface area contributed by atoms with Crippen LogP contribution in [0, 0.1) is 11.3 Å². The summed E-state index contributed by atoms with van der Waals surface area (Å²) in [5, 5.41) is 12.6. The average molecular weight is 353 g/mol. The Balaban J connectivity index is 2.00. The van der Waals surface area contributed by atoms with Crippen LogP contribution in [0.5, 0.6) is 5.75 Å². The van der Waals surface area contributed by atoms with Gasteiger partial charge >= 0.3 is 0 Å². The molecule has 118 valence electrons. The smallest absolute Gasteiger partial charge is 0.134 e. The van der Waals surface area contributed by atoms with Crippen LogP contribution in [0.2, 0.25) is 5.02 Å². The first-order valence-corrected chi connectivity index (χ1v) is 8.43. The van der Waals surface area contributed by atoms with Crippen molar-refractivity contribution in [1.82, 2.24) is 4.98 Å². The van der Waals surface area contributed by atoms with Crippen LogP contribution in [0.4, 0.5) is 0 Å². The number of nitrogens with zero attached hydrogens (tertiary/aromatic N) is 2. The molecule has 0 saturated heterocycles. The summed E-state index contributed by atoms with van der Waals surface area (Å²) in [6, 6.07) is 17.3. The summed E-state index contributed by atoms with van der Waals surface area (Å²) in [6.07, 6.45) is 1.83. The standard InChI is InChI=1S/C19H13ClN2OS/c1-23-18-8-7-15(20)10-16(18)17-12-24-19(22-17)14(11-21)9-13-5-3-2-4-6-13/h2-10,12H,1H3. The van der Waals surface area contributed by atoms with Crippen LogP contribution in [0.3, 0.4) is 0 Å². The molecule has 3 rings (SSSR count). The molecular weight excluding hydrogens is 340 g/mol. The average Bonchev–Trinajstić information content (AvgIpc) is 3.10. The topological polar surface area (TPSA) is 45.9 Å². The minimum absolute atomic E-state index is 0.526. The molecule has 0 aliphatic rings. The third-order valence-corrected chi connectivity index (χ3v) is 4.51. The minimum Gasteiger partial charge on any atom is -0.496 e. The van der Waals surface area contributed by atoms with Crippen LogP contribution in [0.25, 0.3) is 22.9 Å². The maximum atomic E-state index is 9.47. The Morgan fingerprint density at radius 2 is 2.04 bits per heavy atom. The van der Waals surface area contributed by atoms with Crippen molar-refractivity contribution in [2.24, 2.45) is 0 Å². The molecule has 1 heterocycles. The number of methoxy groups -OCH3 is 1. The van der Waals surface area contributed by atoms with Gasteiger partial charge in [-0.2, -0.15) is 5.26 Å². The van der Waals surface area contributed by atoms with Gasteiger partial charge < -0.3 is 4.74 Å². The van der Waals surface area contributed by atoms with Gasteiger partial charge in [-0.05, 0) is 29.8 Å². The van der Waals surface area contributed by atoms with E-state index >= 15 is 0 Å². The van der Waals surface area contributed by atoms with Crippen molar-refractivity contribution in [2.75, 3.05) is 7.11 Å². The van der Waals surface area contributed by atoms with E-state index in [0.29, 0.717) is 21.4 Å². The first-order chi connectivity index (χ1) is 11.7. The fourth-order valence-electron chi connectivity index (χ4n) is 2.26. The second-order valence-corrected chi connectivity index (χ2v) is 6.26. The van der Waals surface area contributed by atoms with Crippen LogP contribution in [-0.4, -0.2) is 12.1 Å².